The molecule has 6 N–H and O–H groups in total. The fourth-order valence-corrected chi connectivity index (χ4v) is 11.4. The predicted octanol–water partition coefficient (Wildman–Crippen LogP) is 6.92. The third-order valence-electron chi connectivity index (χ3n) is 16.6. The molecule has 3 atom stereocenters. The van der Waals surface area contributed by atoms with Crippen molar-refractivity contribution >= 4 is 34.8 Å². The Morgan fingerprint density at radius 2 is 0.538 bits per heavy atom. The van der Waals surface area contributed by atoms with E-state index < -0.39 is 18.3 Å². The summed E-state index contributed by atoms with van der Waals surface area (Å²) in [6.07, 6.45) is -1.78. The maximum absolute atomic E-state index is 12.5. The van der Waals surface area contributed by atoms with Crippen molar-refractivity contribution in [3.05, 3.63) is 161 Å². The number of aliphatic hydroxyl groups is 3. The molecule has 3 heterocycles. The number of β-amino-alcohol motifs (C(OH)–C–C–N with tert-alkyl or cyclic N) is 3. The van der Waals surface area contributed by atoms with Crippen molar-refractivity contribution in [1.29, 1.82) is 0 Å². The Balaban J connectivity index is 0.000000198. The van der Waals surface area contributed by atoms with E-state index >= 15 is 0 Å². The van der Waals surface area contributed by atoms with Gasteiger partial charge in [0.2, 0.25) is 17.7 Å². The molecular formula is C72H99N9O12. The number of piperazine rings is 3. The van der Waals surface area contributed by atoms with Crippen LogP contribution in [0.15, 0.2) is 127 Å². The first-order valence-electron chi connectivity index (χ1n) is 32.1. The highest BCUT2D eigenvalue weighted by Gasteiger charge is 2.26. The van der Waals surface area contributed by atoms with Crippen LogP contribution < -0.4 is 44.4 Å². The molecule has 9 rings (SSSR count). The first kappa shape index (κ1) is 72.6. The lowest BCUT2D eigenvalue weighted by atomic mass is 10.1. The molecule has 6 aromatic rings. The highest BCUT2D eigenvalue weighted by molar-refractivity contribution is 5.95. The standard InChI is InChI=1S/3C24H33N3O4/c3*1-18-7-6-8-19(2)24(18)25-23(29)16-27-13-11-26(12-14-27)15-20(28)17-31-22-10-5-4-9-21(22)30-3/h3*4-10,20,28H,11-17H2,1-3H3,(H,25,29). The monoisotopic (exact) mass is 1280 g/mol. The third kappa shape index (κ3) is 23.9. The second-order valence-electron chi connectivity index (χ2n) is 24.0. The van der Waals surface area contributed by atoms with Gasteiger partial charge < -0.3 is 59.7 Å². The molecule has 3 fully saturated rings. The molecule has 504 valence electrons. The zero-order valence-electron chi connectivity index (χ0n) is 55.9. The molecule has 0 spiro atoms. The van der Waals surface area contributed by atoms with Gasteiger partial charge in [0.1, 0.15) is 38.1 Å². The van der Waals surface area contributed by atoms with Gasteiger partial charge in [-0.15, -0.1) is 0 Å². The minimum atomic E-state index is -0.594. The van der Waals surface area contributed by atoms with Crippen LogP contribution in [0.1, 0.15) is 33.4 Å². The van der Waals surface area contributed by atoms with Crippen molar-refractivity contribution < 1.29 is 58.1 Å². The molecule has 0 radical (unpaired) electrons. The van der Waals surface area contributed by atoms with Crippen LogP contribution in [0, 0.1) is 41.5 Å². The van der Waals surface area contributed by atoms with Gasteiger partial charge in [-0.25, -0.2) is 0 Å². The first-order valence-corrected chi connectivity index (χ1v) is 32.1. The average molecular weight is 1280 g/mol. The Hall–Kier alpha value is -7.83. The van der Waals surface area contributed by atoms with E-state index in [1.54, 1.807) is 21.3 Å². The molecule has 3 amide bonds. The second kappa shape index (κ2) is 37.8. The Morgan fingerprint density at radius 3 is 0.753 bits per heavy atom. The Morgan fingerprint density at radius 1 is 0.333 bits per heavy atom. The summed E-state index contributed by atoms with van der Waals surface area (Å²) in [4.78, 5) is 50.5. The van der Waals surface area contributed by atoms with E-state index in [0.29, 0.717) is 73.8 Å². The Bertz CT molecular complexity index is 2880. The van der Waals surface area contributed by atoms with E-state index in [1.165, 1.54) is 0 Å². The summed E-state index contributed by atoms with van der Waals surface area (Å²) >= 11 is 0. The number of hydrogen-bond donors (Lipinski definition) is 6. The van der Waals surface area contributed by atoms with Crippen LogP contribution in [0.2, 0.25) is 0 Å². The highest BCUT2D eigenvalue weighted by Crippen LogP contribution is 2.29. The summed E-state index contributed by atoms with van der Waals surface area (Å²) in [5.41, 5.74) is 9.15. The SMILES string of the molecule is COc1ccccc1OCC(O)CN1CCN(CC(=O)Nc2c(C)cccc2C)CC1.COc1ccccc1OCC(O)CN1CCN(CC(=O)Nc2c(C)cccc2C)CC1.COc1ccccc1OCC(O)CN1CCN(CC(=O)Nc2c(C)cccc2C)CC1. The van der Waals surface area contributed by atoms with Crippen molar-refractivity contribution in [2.75, 3.05) is 175 Å². The summed E-state index contributed by atoms with van der Waals surface area (Å²) < 4.78 is 32.9. The molecule has 0 saturated carbocycles. The van der Waals surface area contributed by atoms with Crippen LogP contribution in [-0.4, -0.2) is 240 Å². The number of aryl methyl sites for hydroxylation is 6. The molecule has 3 saturated heterocycles. The molecule has 6 aromatic carbocycles. The van der Waals surface area contributed by atoms with Gasteiger partial charge in [0.05, 0.1) is 41.0 Å². The van der Waals surface area contributed by atoms with Crippen molar-refractivity contribution in [3.63, 3.8) is 0 Å². The number of methoxy groups -OCH3 is 3. The number of ether oxygens (including phenoxy) is 6. The van der Waals surface area contributed by atoms with Gasteiger partial charge in [-0.1, -0.05) is 91.0 Å². The number of hydrogen-bond acceptors (Lipinski definition) is 18. The highest BCUT2D eigenvalue weighted by atomic mass is 16.5. The molecule has 0 aromatic heterocycles. The van der Waals surface area contributed by atoms with Gasteiger partial charge in [-0.05, 0) is 111 Å². The predicted molar refractivity (Wildman–Crippen MR) is 366 cm³/mol. The van der Waals surface area contributed by atoms with Gasteiger partial charge in [-0.3, -0.25) is 43.8 Å². The molecule has 21 heteroatoms. The quantitative estimate of drug-likeness (QED) is 0.0308. The minimum absolute atomic E-state index is 0.0103. The van der Waals surface area contributed by atoms with Gasteiger partial charge in [0.15, 0.2) is 34.5 Å². The summed E-state index contributed by atoms with van der Waals surface area (Å²) in [5, 5.41) is 40.3. The lowest BCUT2D eigenvalue weighted by Gasteiger charge is -2.35. The number of para-hydroxylation sites is 9. The molecule has 21 nitrogen and oxygen atoms in total. The number of rotatable bonds is 27. The van der Waals surface area contributed by atoms with E-state index in [4.69, 9.17) is 28.4 Å². The summed E-state index contributed by atoms with van der Waals surface area (Å²) in [6, 6.07) is 40.2. The Kier molecular flexibility index (Phi) is 29.5. The number of carbonyl (C=O) groups excluding carboxylic acids is 3. The number of amides is 3. The summed E-state index contributed by atoms with van der Waals surface area (Å²) in [6.45, 7) is 25.0. The third-order valence-corrected chi connectivity index (χ3v) is 16.6. The van der Waals surface area contributed by atoms with Crippen molar-refractivity contribution in [1.82, 2.24) is 29.4 Å². The molecule has 0 aliphatic carbocycles. The largest absolute Gasteiger partial charge is 0.493 e. The summed E-state index contributed by atoms with van der Waals surface area (Å²) in [7, 11) is 4.79. The zero-order valence-corrected chi connectivity index (χ0v) is 55.9. The fraction of sp³-hybridized carbons (Fsp3) is 0.458. The molecule has 93 heavy (non-hydrogen) atoms. The van der Waals surface area contributed by atoms with Gasteiger partial charge in [-0.2, -0.15) is 0 Å². The maximum atomic E-state index is 12.5. The number of anilines is 3. The molecule has 3 unspecified atom stereocenters. The lowest BCUT2D eigenvalue weighted by Crippen LogP contribution is -2.50. The number of aliphatic hydroxyl groups excluding tert-OH is 3. The molecular weight excluding hydrogens is 1180 g/mol. The van der Waals surface area contributed by atoms with Crippen LogP contribution in [0.25, 0.3) is 0 Å². The van der Waals surface area contributed by atoms with Crippen LogP contribution in [-0.2, 0) is 14.4 Å². The van der Waals surface area contributed by atoms with E-state index in [0.717, 1.165) is 129 Å². The fourth-order valence-electron chi connectivity index (χ4n) is 11.4. The molecule has 3 aliphatic rings. The van der Waals surface area contributed by atoms with Crippen LogP contribution in [0.5, 0.6) is 34.5 Å². The normalized spacial score (nSPS) is 16.0. The van der Waals surface area contributed by atoms with Crippen LogP contribution in [0.3, 0.4) is 0 Å². The smallest absolute Gasteiger partial charge is 0.238 e. The number of nitrogens with zero attached hydrogens (tertiary/aromatic N) is 6. The topological polar surface area (TPSA) is 223 Å². The van der Waals surface area contributed by atoms with Crippen molar-refractivity contribution in [2.45, 2.75) is 59.9 Å². The maximum Gasteiger partial charge on any atom is 0.238 e. The van der Waals surface area contributed by atoms with Crippen LogP contribution >= 0.6 is 0 Å². The lowest BCUT2D eigenvalue weighted by molar-refractivity contribution is -0.118. The molecule has 0 bridgehead atoms. The van der Waals surface area contributed by atoms with Crippen molar-refractivity contribution in [2.24, 2.45) is 0 Å². The number of nitrogens with one attached hydrogen (secondary N) is 3. The van der Waals surface area contributed by atoms with Crippen molar-refractivity contribution in [3.8, 4) is 34.5 Å². The number of benzene rings is 6. The Labute approximate surface area is 550 Å². The first-order chi connectivity index (χ1) is 44.9. The van der Waals surface area contributed by atoms with Crippen LogP contribution in [0.4, 0.5) is 17.1 Å². The molecule has 3 aliphatic heterocycles. The van der Waals surface area contributed by atoms with E-state index in [1.807, 2.05) is 169 Å². The van der Waals surface area contributed by atoms with Gasteiger partial charge in [0, 0.05) is 115 Å². The van der Waals surface area contributed by atoms with E-state index in [9.17, 15) is 29.7 Å². The minimum Gasteiger partial charge on any atom is -0.493 e. The summed E-state index contributed by atoms with van der Waals surface area (Å²) in [5.74, 6) is 3.88. The van der Waals surface area contributed by atoms with Gasteiger partial charge in [0.25, 0.3) is 0 Å². The number of carbonyl (C=O) groups is 3. The average Bonchev–Trinajstić information content (AvgIpc) is 2.00. The zero-order chi connectivity index (χ0) is 66.7. The van der Waals surface area contributed by atoms with E-state index in [-0.39, 0.29) is 37.5 Å². The second-order valence-corrected chi connectivity index (χ2v) is 24.0. The van der Waals surface area contributed by atoms with Gasteiger partial charge >= 0.3 is 0 Å². The van der Waals surface area contributed by atoms with E-state index in [2.05, 4.69) is 45.3 Å².